The van der Waals surface area contributed by atoms with Crippen molar-refractivity contribution in [2.75, 3.05) is 0 Å². The zero-order valence-electron chi connectivity index (χ0n) is 22.8. The summed E-state index contributed by atoms with van der Waals surface area (Å²) in [6.07, 6.45) is 10.9. The van der Waals surface area contributed by atoms with E-state index in [9.17, 15) is 0 Å². The molecule has 36 heavy (non-hydrogen) atoms. The summed E-state index contributed by atoms with van der Waals surface area (Å²) in [4.78, 5) is 12.4. The Morgan fingerprint density at radius 3 is 1.97 bits per heavy atom. The average molecular weight is 655 g/mol. The maximum atomic E-state index is 5.48. The van der Waals surface area contributed by atoms with Gasteiger partial charge in [-0.2, -0.15) is 0 Å². The van der Waals surface area contributed by atoms with E-state index in [1.807, 2.05) is 23.1 Å². The van der Waals surface area contributed by atoms with Crippen LogP contribution in [0, 0.1) is 23.7 Å². The summed E-state index contributed by atoms with van der Waals surface area (Å²) in [7, 11) is 0. The highest BCUT2D eigenvalue weighted by atomic mass is 79.9. The zero-order valence-corrected chi connectivity index (χ0v) is 27.6. The smallest absolute Gasteiger partial charge is 0.0981 e. The number of alkyl halides is 1. The third kappa shape index (κ3) is 7.07. The first kappa shape index (κ1) is 28.8. The van der Waals surface area contributed by atoms with E-state index in [0.29, 0.717) is 16.0 Å². The molecule has 0 radical (unpaired) electrons. The first-order chi connectivity index (χ1) is 17.1. The van der Waals surface area contributed by atoms with Crippen molar-refractivity contribution in [1.82, 2.24) is 9.97 Å². The highest BCUT2D eigenvalue weighted by Gasteiger charge is 2.29. The Labute approximate surface area is 243 Å². The molecule has 1 unspecified atom stereocenters. The number of thioether (sulfide) groups is 1. The van der Waals surface area contributed by atoms with Gasteiger partial charge in [0.2, 0.25) is 0 Å². The van der Waals surface area contributed by atoms with E-state index in [-0.39, 0.29) is 0 Å². The molecule has 0 bridgehead atoms. The van der Waals surface area contributed by atoms with Crippen LogP contribution in [0.25, 0.3) is 21.1 Å². The van der Waals surface area contributed by atoms with Crippen LogP contribution in [-0.4, -0.2) is 14.1 Å². The Hall–Kier alpha value is -0.170. The van der Waals surface area contributed by atoms with Gasteiger partial charge in [0, 0.05) is 10.3 Å². The van der Waals surface area contributed by atoms with Crippen LogP contribution in [0.1, 0.15) is 97.0 Å². The van der Waals surface area contributed by atoms with Gasteiger partial charge in [-0.3, -0.25) is 0 Å². The van der Waals surface area contributed by atoms with Crippen molar-refractivity contribution in [1.29, 1.82) is 0 Å². The maximum Gasteiger partial charge on any atom is 0.0981 e. The summed E-state index contributed by atoms with van der Waals surface area (Å²) in [6, 6.07) is 2.27. The standard InChI is InChI=1S/C30H42Br2N2S2/c1-17(2)9-7-11-19(5)13-23-24(14-20(6)12-8-10-18(3)4)34-28-22-16-26(32)36-30(22)29-21(27(28)33-23)15-25(31)35-29/h15,17-20,26H,7-14,16H2,1-6H3/t19-,20-,26?/m0/s1. The summed E-state index contributed by atoms with van der Waals surface area (Å²) in [6.45, 7) is 14.1. The van der Waals surface area contributed by atoms with Crippen molar-refractivity contribution >= 4 is 76.1 Å². The number of rotatable bonds is 12. The average Bonchev–Trinajstić information content (AvgIpc) is 3.36. The van der Waals surface area contributed by atoms with Gasteiger partial charge in [-0.1, -0.05) is 96.0 Å². The number of aromatic nitrogens is 2. The molecule has 1 aromatic carbocycles. The quantitative estimate of drug-likeness (QED) is 0.182. The molecule has 4 rings (SSSR count). The number of thiophene rings is 1. The van der Waals surface area contributed by atoms with E-state index in [4.69, 9.17) is 9.97 Å². The van der Waals surface area contributed by atoms with Crippen LogP contribution < -0.4 is 0 Å². The van der Waals surface area contributed by atoms with Gasteiger partial charge < -0.3 is 0 Å². The van der Waals surface area contributed by atoms with Gasteiger partial charge in [0.25, 0.3) is 0 Å². The minimum absolute atomic E-state index is 0.419. The molecule has 1 aliphatic rings. The molecule has 0 N–H and O–H groups in total. The minimum atomic E-state index is 0.419. The summed E-state index contributed by atoms with van der Waals surface area (Å²) >= 11 is 11.4. The molecule has 0 saturated carbocycles. The minimum Gasteiger partial charge on any atom is -0.249 e. The number of hydrogen-bond donors (Lipinski definition) is 0. The molecular weight excluding hydrogens is 612 g/mol. The normalized spacial score (nSPS) is 17.6. The number of fused-ring (bicyclic) bond motifs is 6. The Balaban J connectivity index is 1.72. The molecule has 2 nitrogen and oxygen atoms in total. The van der Waals surface area contributed by atoms with E-state index in [0.717, 1.165) is 42.1 Å². The van der Waals surface area contributed by atoms with Gasteiger partial charge in [0.1, 0.15) is 0 Å². The molecule has 2 aromatic heterocycles. The Morgan fingerprint density at radius 2 is 1.42 bits per heavy atom. The number of nitrogens with zero attached hydrogens (tertiary/aromatic N) is 2. The molecule has 0 aliphatic carbocycles. The molecule has 0 fully saturated rings. The second-order valence-corrected chi connectivity index (χ2v) is 17.3. The van der Waals surface area contributed by atoms with Gasteiger partial charge in [0.05, 0.1) is 35.1 Å². The largest absolute Gasteiger partial charge is 0.249 e. The van der Waals surface area contributed by atoms with Gasteiger partial charge in [0.15, 0.2) is 0 Å². The second-order valence-electron chi connectivity index (χ2n) is 11.9. The lowest BCUT2D eigenvalue weighted by Crippen LogP contribution is -2.12. The Morgan fingerprint density at radius 1 is 0.861 bits per heavy atom. The third-order valence-corrected chi connectivity index (χ3v) is 11.2. The molecule has 0 amide bonds. The molecule has 0 spiro atoms. The summed E-state index contributed by atoms with van der Waals surface area (Å²) in [5, 5.41) is 1.27. The maximum absolute atomic E-state index is 5.48. The number of benzene rings is 1. The van der Waals surface area contributed by atoms with Crippen LogP contribution in [0.2, 0.25) is 0 Å². The van der Waals surface area contributed by atoms with Gasteiger partial charge in [-0.25, -0.2) is 9.97 Å². The number of hydrogen-bond acceptors (Lipinski definition) is 4. The fraction of sp³-hybridized carbons (Fsp3) is 0.667. The molecule has 1 aliphatic heterocycles. The van der Waals surface area contributed by atoms with Crippen molar-refractivity contribution < 1.29 is 0 Å². The van der Waals surface area contributed by atoms with Crippen LogP contribution >= 0.6 is 55.0 Å². The van der Waals surface area contributed by atoms with Crippen LogP contribution in [-0.2, 0) is 19.3 Å². The van der Waals surface area contributed by atoms with E-state index < -0.39 is 0 Å². The van der Waals surface area contributed by atoms with Crippen molar-refractivity contribution in [3.05, 3.63) is 26.8 Å². The predicted octanol–water partition coefficient (Wildman–Crippen LogP) is 11.0. The van der Waals surface area contributed by atoms with Crippen molar-refractivity contribution in [3.8, 4) is 0 Å². The monoisotopic (exact) mass is 652 g/mol. The predicted molar refractivity (Wildman–Crippen MR) is 168 cm³/mol. The Bertz CT molecular complexity index is 1190. The molecule has 198 valence electrons. The van der Waals surface area contributed by atoms with Crippen LogP contribution in [0.3, 0.4) is 0 Å². The first-order valence-corrected chi connectivity index (χ1v) is 17.3. The fourth-order valence-electron chi connectivity index (χ4n) is 5.44. The SMILES string of the molecule is CC(C)CCC[C@H](C)Cc1nc2c3c(c4sc(Br)cc4c2nc1C[C@@H](C)CCCC(C)C)SC(Br)C3. The zero-order chi connectivity index (χ0) is 26.0. The fourth-order valence-corrected chi connectivity index (χ4v) is 9.20. The highest BCUT2D eigenvalue weighted by Crippen LogP contribution is 2.50. The third-order valence-electron chi connectivity index (χ3n) is 7.42. The molecule has 3 atom stereocenters. The van der Waals surface area contributed by atoms with E-state index in [1.165, 1.54) is 74.2 Å². The van der Waals surface area contributed by atoms with Crippen LogP contribution in [0.5, 0.6) is 0 Å². The Kier molecular flexibility index (Phi) is 10.2. The van der Waals surface area contributed by atoms with Crippen molar-refractivity contribution in [2.45, 2.75) is 108 Å². The summed E-state index contributed by atoms with van der Waals surface area (Å²) in [5.41, 5.74) is 6.18. The van der Waals surface area contributed by atoms with E-state index in [2.05, 4.69) is 79.5 Å². The lowest BCUT2D eigenvalue weighted by molar-refractivity contribution is 0.441. The molecule has 3 aromatic rings. The molecular formula is C30H42Br2N2S2. The van der Waals surface area contributed by atoms with Crippen molar-refractivity contribution in [3.63, 3.8) is 0 Å². The lowest BCUT2D eigenvalue weighted by atomic mass is 9.91. The first-order valence-electron chi connectivity index (χ1n) is 13.9. The second kappa shape index (κ2) is 12.8. The molecule has 6 heteroatoms. The van der Waals surface area contributed by atoms with Crippen molar-refractivity contribution in [2.24, 2.45) is 23.7 Å². The summed E-state index contributed by atoms with van der Waals surface area (Å²) < 4.78 is 2.97. The molecule has 3 heterocycles. The molecule has 0 saturated heterocycles. The number of halogens is 2. The van der Waals surface area contributed by atoms with Crippen LogP contribution in [0.15, 0.2) is 14.7 Å². The summed E-state index contributed by atoms with van der Waals surface area (Å²) in [5.74, 6) is 2.83. The van der Waals surface area contributed by atoms with Gasteiger partial charge in [-0.15, -0.1) is 23.1 Å². The lowest BCUT2D eigenvalue weighted by Gasteiger charge is -2.19. The highest BCUT2D eigenvalue weighted by molar-refractivity contribution is 9.11. The van der Waals surface area contributed by atoms with Gasteiger partial charge >= 0.3 is 0 Å². The van der Waals surface area contributed by atoms with E-state index in [1.54, 1.807) is 0 Å². The van der Waals surface area contributed by atoms with Crippen LogP contribution in [0.4, 0.5) is 0 Å². The topological polar surface area (TPSA) is 25.8 Å². The van der Waals surface area contributed by atoms with Gasteiger partial charge in [-0.05, 0) is 70.5 Å². The van der Waals surface area contributed by atoms with E-state index >= 15 is 0 Å².